The number of allylic oxidation sites excluding steroid dienone is 2. The number of rotatable bonds is 4. The molecule has 10 nitrogen and oxygen atoms in total. The average molecular weight is 424 g/mol. The number of aliphatic hydroxyl groups excluding tert-OH is 2. The molecule has 0 saturated carbocycles. The Morgan fingerprint density at radius 2 is 1.11 bits per heavy atom. The molecule has 2 rings (SSSR count). The van der Waals surface area contributed by atoms with Crippen LogP contribution in [0, 0.1) is 11.8 Å². The van der Waals surface area contributed by atoms with E-state index in [0.29, 0.717) is 12.2 Å². The van der Waals surface area contributed by atoms with Crippen molar-refractivity contribution >= 4 is 20.2 Å². The molecule has 0 heterocycles. The molecule has 0 aromatic rings. The van der Waals surface area contributed by atoms with E-state index in [4.69, 9.17) is 0 Å². The Kier molecular flexibility index (Phi) is 5.14. The van der Waals surface area contributed by atoms with Crippen molar-refractivity contribution in [1.82, 2.24) is 0 Å². The lowest BCUT2D eigenvalue weighted by Crippen LogP contribution is -2.44. The predicted octanol–water partition coefficient (Wildman–Crippen LogP) is 0.565. The SMILES string of the molecule is CC1C=C(CC2=CC(C)C(O)(S(=O)(=O)O)C=C2O)C(O)=CC1(O)S(=O)(=O)O. The van der Waals surface area contributed by atoms with Crippen LogP contribution in [0.3, 0.4) is 0 Å². The van der Waals surface area contributed by atoms with Crippen molar-refractivity contribution in [1.29, 1.82) is 0 Å². The Morgan fingerprint density at radius 3 is 1.37 bits per heavy atom. The average Bonchev–Trinajstić information content (AvgIpc) is 2.47. The molecular formula is C15H20O10S2. The summed E-state index contributed by atoms with van der Waals surface area (Å²) in [4.78, 5) is -5.45. The van der Waals surface area contributed by atoms with E-state index in [1.807, 2.05) is 0 Å². The summed E-state index contributed by atoms with van der Waals surface area (Å²) in [7, 11) is -9.89. The van der Waals surface area contributed by atoms with Gasteiger partial charge in [0.25, 0.3) is 20.2 Å². The minimum absolute atomic E-state index is 0.0894. The van der Waals surface area contributed by atoms with Crippen molar-refractivity contribution in [3.8, 4) is 0 Å². The highest BCUT2D eigenvalue weighted by Crippen LogP contribution is 2.39. The molecule has 6 N–H and O–H groups in total. The number of hydrogen-bond donors (Lipinski definition) is 6. The second-order valence-electron chi connectivity index (χ2n) is 6.65. The molecule has 4 atom stereocenters. The van der Waals surface area contributed by atoms with E-state index in [1.165, 1.54) is 26.0 Å². The highest BCUT2D eigenvalue weighted by molar-refractivity contribution is 7.87. The van der Waals surface area contributed by atoms with Crippen molar-refractivity contribution in [2.24, 2.45) is 11.8 Å². The van der Waals surface area contributed by atoms with Crippen LogP contribution in [0.4, 0.5) is 0 Å². The van der Waals surface area contributed by atoms with Gasteiger partial charge < -0.3 is 20.4 Å². The first-order valence-electron chi connectivity index (χ1n) is 7.67. The number of aliphatic hydroxyl groups is 4. The van der Waals surface area contributed by atoms with Gasteiger partial charge >= 0.3 is 0 Å². The maximum atomic E-state index is 11.4. The third-order valence-corrected chi connectivity index (χ3v) is 7.39. The lowest BCUT2D eigenvalue weighted by Gasteiger charge is -2.32. The van der Waals surface area contributed by atoms with Crippen molar-refractivity contribution in [2.45, 2.75) is 30.1 Å². The molecule has 27 heavy (non-hydrogen) atoms. The van der Waals surface area contributed by atoms with Crippen LogP contribution in [-0.2, 0) is 20.2 Å². The second kappa shape index (κ2) is 6.43. The van der Waals surface area contributed by atoms with Crippen LogP contribution in [0.15, 0.2) is 47.0 Å². The molecule has 2 aliphatic carbocycles. The Morgan fingerprint density at radius 1 is 0.815 bits per heavy atom. The van der Waals surface area contributed by atoms with E-state index in [1.54, 1.807) is 0 Å². The minimum Gasteiger partial charge on any atom is -0.508 e. The van der Waals surface area contributed by atoms with E-state index >= 15 is 0 Å². The van der Waals surface area contributed by atoms with Crippen molar-refractivity contribution in [2.75, 3.05) is 0 Å². The summed E-state index contributed by atoms with van der Waals surface area (Å²) in [5.41, 5.74) is 0.179. The summed E-state index contributed by atoms with van der Waals surface area (Å²) in [5, 5.41) is 40.3. The summed E-state index contributed by atoms with van der Waals surface area (Å²) in [6.45, 7) is 2.56. The second-order valence-corrected chi connectivity index (χ2v) is 9.86. The van der Waals surface area contributed by atoms with Gasteiger partial charge in [-0.3, -0.25) is 9.11 Å². The molecule has 0 aliphatic heterocycles. The van der Waals surface area contributed by atoms with Crippen LogP contribution in [0.5, 0.6) is 0 Å². The van der Waals surface area contributed by atoms with E-state index in [-0.39, 0.29) is 17.6 Å². The van der Waals surface area contributed by atoms with Crippen molar-refractivity contribution in [3.63, 3.8) is 0 Å². The molecule has 0 fully saturated rings. The fourth-order valence-corrected chi connectivity index (χ4v) is 4.57. The van der Waals surface area contributed by atoms with Gasteiger partial charge in [0, 0.05) is 30.4 Å². The highest BCUT2D eigenvalue weighted by atomic mass is 32.2. The third kappa shape index (κ3) is 3.56. The minimum atomic E-state index is -4.94. The monoisotopic (exact) mass is 424 g/mol. The number of hydrogen-bond acceptors (Lipinski definition) is 8. The Bertz CT molecular complexity index is 906. The Labute approximate surface area is 156 Å². The Hall–Kier alpha value is -1.70. The van der Waals surface area contributed by atoms with Gasteiger partial charge in [-0.25, -0.2) is 0 Å². The zero-order valence-electron chi connectivity index (χ0n) is 14.3. The predicted molar refractivity (Wildman–Crippen MR) is 93.5 cm³/mol. The topological polar surface area (TPSA) is 190 Å². The van der Waals surface area contributed by atoms with Crippen LogP contribution in [0.25, 0.3) is 0 Å². The Balaban J connectivity index is 2.38. The van der Waals surface area contributed by atoms with Crippen LogP contribution < -0.4 is 0 Å². The van der Waals surface area contributed by atoms with E-state index in [9.17, 15) is 46.4 Å². The molecule has 0 amide bonds. The molecule has 0 spiro atoms. The van der Waals surface area contributed by atoms with Gasteiger partial charge in [0.1, 0.15) is 11.5 Å². The van der Waals surface area contributed by atoms with Gasteiger partial charge in [-0.2, -0.15) is 16.8 Å². The van der Waals surface area contributed by atoms with Gasteiger partial charge in [0.15, 0.2) is 0 Å². The van der Waals surface area contributed by atoms with Gasteiger partial charge in [-0.1, -0.05) is 26.0 Å². The third-order valence-electron chi connectivity index (χ3n) is 4.76. The van der Waals surface area contributed by atoms with Crippen LogP contribution in [0.2, 0.25) is 0 Å². The van der Waals surface area contributed by atoms with Crippen molar-refractivity contribution < 1.29 is 46.4 Å². The van der Waals surface area contributed by atoms with Crippen LogP contribution in [0.1, 0.15) is 20.3 Å². The lowest BCUT2D eigenvalue weighted by atomic mass is 9.86. The van der Waals surface area contributed by atoms with Gasteiger partial charge in [0.05, 0.1) is 0 Å². The van der Waals surface area contributed by atoms with Gasteiger partial charge in [-0.05, 0) is 11.1 Å². The summed E-state index contributed by atoms with van der Waals surface area (Å²) in [5.74, 6) is -3.63. The first-order valence-corrected chi connectivity index (χ1v) is 10.6. The summed E-state index contributed by atoms with van der Waals surface area (Å²) < 4.78 is 63.8. The zero-order valence-corrected chi connectivity index (χ0v) is 15.9. The lowest BCUT2D eigenvalue weighted by molar-refractivity contribution is 0.116. The largest absolute Gasteiger partial charge is 0.508 e. The molecule has 2 aliphatic rings. The first-order chi connectivity index (χ1) is 12.0. The van der Waals surface area contributed by atoms with Gasteiger partial charge in [-0.15, -0.1) is 0 Å². The van der Waals surface area contributed by atoms with Gasteiger partial charge in [0.2, 0.25) is 9.87 Å². The molecule has 0 radical (unpaired) electrons. The molecule has 152 valence electrons. The summed E-state index contributed by atoms with van der Waals surface area (Å²) >= 11 is 0. The quantitative estimate of drug-likeness (QED) is 0.348. The fraction of sp³-hybridized carbons (Fsp3) is 0.467. The molecular weight excluding hydrogens is 404 g/mol. The maximum absolute atomic E-state index is 11.4. The van der Waals surface area contributed by atoms with Crippen molar-refractivity contribution in [3.05, 3.63) is 47.0 Å². The maximum Gasteiger partial charge on any atom is 0.299 e. The molecule has 0 aromatic heterocycles. The summed E-state index contributed by atoms with van der Waals surface area (Å²) in [6, 6.07) is 0. The molecule has 0 aromatic carbocycles. The van der Waals surface area contributed by atoms with E-state index in [2.05, 4.69) is 0 Å². The molecule has 12 heteroatoms. The zero-order chi connectivity index (χ0) is 21.0. The summed E-state index contributed by atoms with van der Waals surface area (Å²) in [6.07, 6.45) is 3.26. The smallest absolute Gasteiger partial charge is 0.299 e. The normalized spacial score (nSPS) is 35.0. The van der Waals surface area contributed by atoms with Crippen LogP contribution >= 0.6 is 0 Å². The highest BCUT2D eigenvalue weighted by Gasteiger charge is 2.48. The van der Waals surface area contributed by atoms with E-state index < -0.39 is 53.5 Å². The molecule has 0 bridgehead atoms. The van der Waals surface area contributed by atoms with Crippen LogP contribution in [-0.4, -0.2) is 56.2 Å². The fourth-order valence-electron chi connectivity index (χ4n) is 2.98. The first kappa shape index (κ1) is 21.6. The standard InChI is InChI=1S/C15H20O10S2/c1-8-3-10(12(16)6-14(8,18)26(20,21)22)5-11-4-9(2)15(19,7-13(11)17)27(23,24)25/h3-4,6-9,16-19H,5H2,1-2H3,(H,20,21,22)(H,23,24,25). The molecule has 0 saturated heterocycles. The molecule has 4 unspecified atom stereocenters. The van der Waals surface area contributed by atoms with E-state index in [0.717, 1.165) is 0 Å².